The molecule has 0 aromatic carbocycles. The fourth-order valence-corrected chi connectivity index (χ4v) is 1.47. The van der Waals surface area contributed by atoms with Crippen molar-refractivity contribution in [3.05, 3.63) is 30.1 Å². The first kappa shape index (κ1) is 10.5. The number of nitrogens with one attached hydrogen (secondary N) is 1. The van der Waals surface area contributed by atoms with E-state index in [1.807, 2.05) is 24.2 Å². The minimum absolute atomic E-state index is 0.426. The molecular weight excluding hydrogens is 180 g/mol. The molecule has 1 N–H and O–H groups in total. The van der Waals surface area contributed by atoms with Crippen LogP contribution in [-0.4, -0.2) is 23.5 Å². The summed E-state index contributed by atoms with van der Waals surface area (Å²) in [6.07, 6.45) is 5.79. The SMILES string of the molecule is CSCCNC(C)c1ccncc1. The molecule has 0 fully saturated rings. The monoisotopic (exact) mass is 196 g/mol. The molecule has 1 rings (SSSR count). The molecule has 0 spiro atoms. The first-order valence-corrected chi connectivity index (χ1v) is 5.86. The van der Waals surface area contributed by atoms with Gasteiger partial charge in [-0.2, -0.15) is 11.8 Å². The van der Waals surface area contributed by atoms with Gasteiger partial charge in [-0.3, -0.25) is 4.98 Å². The lowest BCUT2D eigenvalue weighted by Crippen LogP contribution is -2.21. The fraction of sp³-hybridized carbons (Fsp3) is 0.500. The summed E-state index contributed by atoms with van der Waals surface area (Å²) in [5.41, 5.74) is 1.30. The lowest BCUT2D eigenvalue weighted by molar-refractivity contribution is 0.601. The molecule has 72 valence electrons. The van der Waals surface area contributed by atoms with Crippen LogP contribution in [0.1, 0.15) is 18.5 Å². The molecule has 1 atom stereocenters. The number of aromatic nitrogens is 1. The molecule has 0 saturated heterocycles. The summed E-state index contributed by atoms with van der Waals surface area (Å²) in [5, 5.41) is 3.45. The van der Waals surface area contributed by atoms with Crippen LogP contribution in [0.3, 0.4) is 0 Å². The molecule has 0 radical (unpaired) electrons. The van der Waals surface area contributed by atoms with Crippen LogP contribution in [0.2, 0.25) is 0 Å². The van der Waals surface area contributed by atoms with Crippen molar-refractivity contribution in [2.75, 3.05) is 18.6 Å². The Morgan fingerprint density at radius 3 is 2.77 bits per heavy atom. The van der Waals surface area contributed by atoms with Crippen molar-refractivity contribution in [3.63, 3.8) is 0 Å². The molecule has 0 aliphatic heterocycles. The zero-order valence-electron chi connectivity index (χ0n) is 8.16. The first-order chi connectivity index (χ1) is 6.34. The van der Waals surface area contributed by atoms with Crippen molar-refractivity contribution < 1.29 is 0 Å². The minimum atomic E-state index is 0.426. The topological polar surface area (TPSA) is 24.9 Å². The van der Waals surface area contributed by atoms with E-state index in [1.165, 1.54) is 5.56 Å². The van der Waals surface area contributed by atoms with Gasteiger partial charge in [0.05, 0.1) is 0 Å². The third-order valence-electron chi connectivity index (χ3n) is 1.96. The van der Waals surface area contributed by atoms with Crippen LogP contribution in [0.4, 0.5) is 0 Å². The van der Waals surface area contributed by atoms with Crippen LogP contribution < -0.4 is 5.32 Å². The zero-order valence-corrected chi connectivity index (χ0v) is 8.97. The molecule has 1 heterocycles. The maximum absolute atomic E-state index is 3.99. The largest absolute Gasteiger partial charge is 0.309 e. The van der Waals surface area contributed by atoms with Crippen LogP contribution in [0, 0.1) is 0 Å². The van der Waals surface area contributed by atoms with Gasteiger partial charge < -0.3 is 5.32 Å². The molecule has 0 aliphatic rings. The van der Waals surface area contributed by atoms with Crippen LogP contribution in [0.15, 0.2) is 24.5 Å². The van der Waals surface area contributed by atoms with Crippen LogP contribution in [0.25, 0.3) is 0 Å². The van der Waals surface area contributed by atoms with Crippen molar-refractivity contribution >= 4 is 11.8 Å². The maximum atomic E-state index is 3.99. The predicted molar refractivity (Wildman–Crippen MR) is 59.0 cm³/mol. The highest BCUT2D eigenvalue weighted by Crippen LogP contribution is 2.09. The van der Waals surface area contributed by atoms with E-state index >= 15 is 0 Å². The number of nitrogens with zero attached hydrogens (tertiary/aromatic N) is 1. The lowest BCUT2D eigenvalue weighted by Gasteiger charge is -2.12. The van der Waals surface area contributed by atoms with E-state index in [0.29, 0.717) is 6.04 Å². The fourth-order valence-electron chi connectivity index (χ4n) is 1.15. The predicted octanol–water partition coefficient (Wildman–Crippen LogP) is 2.10. The Kier molecular flexibility index (Phi) is 4.86. The summed E-state index contributed by atoms with van der Waals surface area (Å²) >= 11 is 1.86. The molecular formula is C10H16N2S. The van der Waals surface area contributed by atoms with Gasteiger partial charge in [0.2, 0.25) is 0 Å². The summed E-state index contributed by atoms with van der Waals surface area (Å²) in [5.74, 6) is 1.16. The third kappa shape index (κ3) is 3.79. The number of thioether (sulfide) groups is 1. The summed E-state index contributed by atoms with van der Waals surface area (Å²) in [4.78, 5) is 3.99. The van der Waals surface area contributed by atoms with Crippen molar-refractivity contribution in [2.24, 2.45) is 0 Å². The van der Waals surface area contributed by atoms with Crippen molar-refractivity contribution in [3.8, 4) is 0 Å². The van der Waals surface area contributed by atoms with Crippen molar-refractivity contribution in [2.45, 2.75) is 13.0 Å². The van der Waals surface area contributed by atoms with E-state index in [1.54, 1.807) is 0 Å². The lowest BCUT2D eigenvalue weighted by atomic mass is 10.1. The average Bonchev–Trinajstić information content (AvgIpc) is 2.19. The Morgan fingerprint density at radius 1 is 1.46 bits per heavy atom. The maximum Gasteiger partial charge on any atom is 0.0293 e. The quantitative estimate of drug-likeness (QED) is 0.730. The van der Waals surface area contributed by atoms with E-state index in [0.717, 1.165) is 12.3 Å². The smallest absolute Gasteiger partial charge is 0.0293 e. The molecule has 1 unspecified atom stereocenters. The van der Waals surface area contributed by atoms with E-state index in [-0.39, 0.29) is 0 Å². The van der Waals surface area contributed by atoms with E-state index in [4.69, 9.17) is 0 Å². The first-order valence-electron chi connectivity index (χ1n) is 4.47. The summed E-state index contributed by atoms with van der Waals surface area (Å²) < 4.78 is 0. The standard InChI is InChI=1S/C10H16N2S/c1-9(12-7-8-13-2)10-3-5-11-6-4-10/h3-6,9,12H,7-8H2,1-2H3. The van der Waals surface area contributed by atoms with E-state index < -0.39 is 0 Å². The highest BCUT2D eigenvalue weighted by atomic mass is 32.2. The Bertz CT molecular complexity index is 226. The second-order valence-electron chi connectivity index (χ2n) is 2.95. The molecule has 0 bridgehead atoms. The third-order valence-corrected chi connectivity index (χ3v) is 2.58. The van der Waals surface area contributed by atoms with Crippen LogP contribution in [-0.2, 0) is 0 Å². The highest BCUT2D eigenvalue weighted by molar-refractivity contribution is 7.98. The Balaban J connectivity index is 2.35. The Hall–Kier alpha value is -0.540. The van der Waals surface area contributed by atoms with Gasteiger partial charge in [-0.15, -0.1) is 0 Å². The number of hydrogen-bond donors (Lipinski definition) is 1. The normalized spacial score (nSPS) is 12.8. The van der Waals surface area contributed by atoms with Gasteiger partial charge in [0.25, 0.3) is 0 Å². The van der Waals surface area contributed by atoms with Gasteiger partial charge >= 0.3 is 0 Å². The molecule has 1 aromatic rings. The summed E-state index contributed by atoms with van der Waals surface area (Å²) in [6.45, 7) is 3.24. The second kappa shape index (κ2) is 6.00. The van der Waals surface area contributed by atoms with Crippen LogP contribution >= 0.6 is 11.8 Å². The summed E-state index contributed by atoms with van der Waals surface area (Å²) in [6, 6.07) is 4.53. The van der Waals surface area contributed by atoms with Gasteiger partial charge in [-0.1, -0.05) is 0 Å². The highest BCUT2D eigenvalue weighted by Gasteiger charge is 2.01. The van der Waals surface area contributed by atoms with Gasteiger partial charge in [0.15, 0.2) is 0 Å². The molecule has 2 nitrogen and oxygen atoms in total. The van der Waals surface area contributed by atoms with Crippen LogP contribution in [0.5, 0.6) is 0 Å². The van der Waals surface area contributed by atoms with E-state index in [9.17, 15) is 0 Å². The average molecular weight is 196 g/mol. The minimum Gasteiger partial charge on any atom is -0.309 e. The number of hydrogen-bond acceptors (Lipinski definition) is 3. The van der Waals surface area contributed by atoms with Gasteiger partial charge in [0.1, 0.15) is 0 Å². The molecule has 13 heavy (non-hydrogen) atoms. The zero-order chi connectivity index (χ0) is 9.52. The molecule has 3 heteroatoms. The second-order valence-corrected chi connectivity index (χ2v) is 3.93. The Morgan fingerprint density at radius 2 is 2.15 bits per heavy atom. The molecule has 0 aliphatic carbocycles. The molecule has 0 amide bonds. The van der Waals surface area contributed by atoms with E-state index in [2.05, 4.69) is 35.6 Å². The number of pyridine rings is 1. The number of rotatable bonds is 5. The summed E-state index contributed by atoms with van der Waals surface area (Å²) in [7, 11) is 0. The Labute approximate surface area is 84.1 Å². The van der Waals surface area contributed by atoms with Gasteiger partial charge in [-0.05, 0) is 30.9 Å². The molecule has 1 aromatic heterocycles. The van der Waals surface area contributed by atoms with Crippen molar-refractivity contribution in [1.29, 1.82) is 0 Å². The van der Waals surface area contributed by atoms with Gasteiger partial charge in [0, 0.05) is 30.7 Å². The van der Waals surface area contributed by atoms with Crippen molar-refractivity contribution in [1.82, 2.24) is 10.3 Å². The van der Waals surface area contributed by atoms with Gasteiger partial charge in [-0.25, -0.2) is 0 Å². The molecule has 0 saturated carbocycles.